The minimum Gasteiger partial charge on any atom is -0.310 e. The number of rotatable bonds is 6. The molecule has 0 aliphatic heterocycles. The van der Waals surface area contributed by atoms with E-state index in [0.717, 1.165) is 17.0 Å². The fourth-order valence-electron chi connectivity index (χ4n) is 2.57. The van der Waals surface area contributed by atoms with E-state index in [1.165, 1.54) is 18.0 Å². The molecule has 0 spiro atoms. The molecule has 0 saturated carbocycles. The second-order valence-corrected chi connectivity index (χ2v) is 7.72. The van der Waals surface area contributed by atoms with E-state index in [1.54, 1.807) is 12.1 Å². The Morgan fingerprint density at radius 3 is 2.70 bits per heavy atom. The zero-order valence-electron chi connectivity index (χ0n) is 15.3. The number of benzene rings is 1. The maximum absolute atomic E-state index is 12.5. The highest BCUT2D eigenvalue weighted by atomic mass is 35.5. The second-order valence-electron chi connectivity index (χ2n) is 5.98. The van der Waals surface area contributed by atoms with Crippen LogP contribution in [0.4, 0.5) is 5.82 Å². The SMILES string of the molecule is CCn1c(S[C@H](C)C(=O)Nc2ccc(Cl)cn2)nnc1-c1ccccc1C. The molecule has 140 valence electrons. The molecule has 0 radical (unpaired) electrons. The molecule has 0 aliphatic rings. The standard InChI is InChI=1S/C19H20ClN5OS/c1-4-25-17(15-8-6-5-7-12(15)2)23-24-19(25)27-13(3)18(26)22-16-10-9-14(20)11-21-16/h5-11,13H,4H2,1-3H3,(H,21,22,26)/t13-/m1/s1. The van der Waals surface area contributed by atoms with Crippen molar-refractivity contribution in [3.05, 3.63) is 53.2 Å². The van der Waals surface area contributed by atoms with Crippen LogP contribution in [-0.2, 0) is 11.3 Å². The van der Waals surface area contributed by atoms with Gasteiger partial charge < -0.3 is 9.88 Å². The van der Waals surface area contributed by atoms with Gasteiger partial charge in [0, 0.05) is 18.3 Å². The van der Waals surface area contributed by atoms with E-state index in [4.69, 9.17) is 11.6 Å². The van der Waals surface area contributed by atoms with Crippen LogP contribution in [0.25, 0.3) is 11.4 Å². The zero-order valence-corrected chi connectivity index (χ0v) is 16.9. The van der Waals surface area contributed by atoms with Crippen molar-refractivity contribution in [2.45, 2.75) is 37.7 Å². The lowest BCUT2D eigenvalue weighted by molar-refractivity contribution is -0.115. The summed E-state index contributed by atoms with van der Waals surface area (Å²) in [7, 11) is 0. The topological polar surface area (TPSA) is 72.7 Å². The lowest BCUT2D eigenvalue weighted by Gasteiger charge is -2.13. The Hall–Kier alpha value is -2.38. The van der Waals surface area contributed by atoms with Crippen molar-refractivity contribution in [3.63, 3.8) is 0 Å². The highest BCUT2D eigenvalue weighted by Crippen LogP contribution is 2.28. The van der Waals surface area contributed by atoms with E-state index in [9.17, 15) is 4.79 Å². The van der Waals surface area contributed by atoms with Gasteiger partial charge in [0.2, 0.25) is 5.91 Å². The predicted octanol–water partition coefficient (Wildman–Crippen LogP) is 4.44. The van der Waals surface area contributed by atoms with Gasteiger partial charge in [-0.3, -0.25) is 4.79 Å². The molecule has 1 amide bonds. The number of aromatic nitrogens is 4. The highest BCUT2D eigenvalue weighted by Gasteiger charge is 2.21. The molecule has 1 N–H and O–H groups in total. The van der Waals surface area contributed by atoms with Gasteiger partial charge in [0.05, 0.1) is 10.3 Å². The van der Waals surface area contributed by atoms with Gasteiger partial charge in [0.25, 0.3) is 0 Å². The second kappa shape index (κ2) is 8.54. The van der Waals surface area contributed by atoms with Crippen molar-refractivity contribution in [1.29, 1.82) is 0 Å². The summed E-state index contributed by atoms with van der Waals surface area (Å²) in [5, 5.41) is 12.3. The third-order valence-corrected chi connectivity index (χ3v) is 5.35. The van der Waals surface area contributed by atoms with Crippen LogP contribution in [0.2, 0.25) is 5.02 Å². The molecule has 3 aromatic rings. The summed E-state index contributed by atoms with van der Waals surface area (Å²) in [6.45, 7) is 6.63. The number of carbonyl (C=O) groups excluding carboxylic acids is 1. The Morgan fingerprint density at radius 1 is 1.26 bits per heavy atom. The van der Waals surface area contributed by atoms with Gasteiger partial charge in [-0.05, 0) is 38.5 Å². The van der Waals surface area contributed by atoms with Crippen LogP contribution in [-0.4, -0.2) is 30.9 Å². The summed E-state index contributed by atoms with van der Waals surface area (Å²) in [5.74, 6) is 1.12. The lowest BCUT2D eigenvalue weighted by atomic mass is 10.1. The zero-order chi connectivity index (χ0) is 19.4. The number of nitrogens with zero attached hydrogens (tertiary/aromatic N) is 4. The largest absolute Gasteiger partial charge is 0.310 e. The van der Waals surface area contributed by atoms with Crippen LogP contribution in [0.3, 0.4) is 0 Å². The molecule has 6 nitrogen and oxygen atoms in total. The first kappa shape index (κ1) is 19.4. The average molecular weight is 402 g/mol. The summed E-state index contributed by atoms with van der Waals surface area (Å²) in [5.41, 5.74) is 2.18. The number of hydrogen-bond acceptors (Lipinski definition) is 5. The number of pyridine rings is 1. The number of thioether (sulfide) groups is 1. The number of halogens is 1. The first-order valence-electron chi connectivity index (χ1n) is 8.58. The van der Waals surface area contributed by atoms with E-state index in [1.807, 2.05) is 49.6 Å². The maximum Gasteiger partial charge on any atom is 0.238 e. The van der Waals surface area contributed by atoms with E-state index < -0.39 is 0 Å². The van der Waals surface area contributed by atoms with Crippen molar-refractivity contribution in [1.82, 2.24) is 19.7 Å². The predicted molar refractivity (Wildman–Crippen MR) is 109 cm³/mol. The number of aryl methyl sites for hydroxylation is 1. The number of nitrogens with one attached hydrogen (secondary N) is 1. The summed E-state index contributed by atoms with van der Waals surface area (Å²) in [4.78, 5) is 16.6. The van der Waals surface area contributed by atoms with Crippen molar-refractivity contribution in [2.75, 3.05) is 5.32 Å². The first-order valence-corrected chi connectivity index (χ1v) is 9.83. The van der Waals surface area contributed by atoms with Gasteiger partial charge in [0.15, 0.2) is 11.0 Å². The maximum atomic E-state index is 12.5. The molecule has 0 bridgehead atoms. The molecule has 2 heterocycles. The molecule has 0 fully saturated rings. The fourth-order valence-corrected chi connectivity index (χ4v) is 3.60. The monoisotopic (exact) mass is 401 g/mol. The van der Waals surface area contributed by atoms with Gasteiger partial charge in [-0.25, -0.2) is 4.98 Å². The molecule has 8 heteroatoms. The Kier molecular flexibility index (Phi) is 6.13. The van der Waals surface area contributed by atoms with Gasteiger partial charge in [-0.1, -0.05) is 47.6 Å². The van der Waals surface area contributed by atoms with Gasteiger partial charge in [0.1, 0.15) is 5.82 Å². The van der Waals surface area contributed by atoms with Crippen LogP contribution in [0.1, 0.15) is 19.4 Å². The van der Waals surface area contributed by atoms with Gasteiger partial charge in [-0.2, -0.15) is 0 Å². The smallest absolute Gasteiger partial charge is 0.238 e. The Bertz CT molecular complexity index is 942. The van der Waals surface area contributed by atoms with Crippen LogP contribution in [0, 0.1) is 6.92 Å². The summed E-state index contributed by atoms with van der Waals surface area (Å²) >= 11 is 7.19. The summed E-state index contributed by atoms with van der Waals surface area (Å²) < 4.78 is 2.03. The quantitative estimate of drug-likeness (QED) is 0.618. The average Bonchev–Trinajstić information content (AvgIpc) is 3.06. The van der Waals surface area contributed by atoms with Gasteiger partial charge >= 0.3 is 0 Å². The summed E-state index contributed by atoms with van der Waals surface area (Å²) in [6.07, 6.45) is 1.50. The number of anilines is 1. The molecule has 3 rings (SSSR count). The Morgan fingerprint density at radius 2 is 2.04 bits per heavy atom. The van der Waals surface area contributed by atoms with Crippen LogP contribution in [0.5, 0.6) is 0 Å². The van der Waals surface area contributed by atoms with Crippen molar-refractivity contribution in [2.24, 2.45) is 0 Å². The fraction of sp³-hybridized carbons (Fsp3) is 0.263. The molecule has 0 unspecified atom stereocenters. The Labute approximate surface area is 167 Å². The van der Waals surface area contributed by atoms with E-state index >= 15 is 0 Å². The van der Waals surface area contributed by atoms with Crippen molar-refractivity contribution in [3.8, 4) is 11.4 Å². The molecule has 2 aromatic heterocycles. The van der Waals surface area contributed by atoms with Crippen molar-refractivity contribution < 1.29 is 4.79 Å². The molecule has 27 heavy (non-hydrogen) atoms. The van der Waals surface area contributed by atoms with Crippen LogP contribution >= 0.6 is 23.4 Å². The molecule has 0 aliphatic carbocycles. The van der Waals surface area contributed by atoms with E-state index in [0.29, 0.717) is 22.5 Å². The number of carbonyl (C=O) groups is 1. The third kappa shape index (κ3) is 4.48. The first-order chi connectivity index (χ1) is 13.0. The minimum absolute atomic E-state index is 0.155. The van der Waals surface area contributed by atoms with Crippen molar-refractivity contribution >= 4 is 35.1 Å². The molecular formula is C19H20ClN5OS. The van der Waals surface area contributed by atoms with Gasteiger partial charge in [-0.15, -0.1) is 10.2 Å². The van der Waals surface area contributed by atoms with E-state index in [-0.39, 0.29) is 11.2 Å². The van der Waals surface area contributed by atoms with Crippen LogP contribution < -0.4 is 5.32 Å². The normalized spacial score (nSPS) is 12.0. The highest BCUT2D eigenvalue weighted by molar-refractivity contribution is 8.00. The lowest BCUT2D eigenvalue weighted by Crippen LogP contribution is -2.23. The summed E-state index contributed by atoms with van der Waals surface area (Å²) in [6, 6.07) is 11.4. The third-order valence-electron chi connectivity index (χ3n) is 4.05. The molecule has 1 atom stereocenters. The number of amides is 1. The molecule has 1 aromatic carbocycles. The Balaban J connectivity index is 1.76. The molecule has 0 saturated heterocycles. The van der Waals surface area contributed by atoms with E-state index in [2.05, 4.69) is 20.5 Å². The molecular weight excluding hydrogens is 382 g/mol. The number of hydrogen-bond donors (Lipinski definition) is 1. The van der Waals surface area contributed by atoms with Crippen LogP contribution in [0.15, 0.2) is 47.8 Å². The minimum atomic E-state index is -0.360.